The van der Waals surface area contributed by atoms with Gasteiger partial charge in [-0.15, -0.1) is 0 Å². The molecule has 0 bridgehead atoms. The molecule has 22 heavy (non-hydrogen) atoms. The Morgan fingerprint density at radius 3 is 2.95 bits per heavy atom. The lowest BCUT2D eigenvalue weighted by atomic mass is 10.2. The average Bonchev–Trinajstić information content (AvgIpc) is 2.94. The Morgan fingerprint density at radius 2 is 2.23 bits per heavy atom. The van der Waals surface area contributed by atoms with Gasteiger partial charge in [0.2, 0.25) is 0 Å². The van der Waals surface area contributed by atoms with Crippen LogP contribution in [-0.4, -0.2) is 27.5 Å². The van der Waals surface area contributed by atoms with E-state index in [0.717, 1.165) is 23.2 Å². The number of nitrogens with zero attached hydrogens (tertiary/aromatic N) is 3. The lowest BCUT2D eigenvalue weighted by Gasteiger charge is -2.14. The lowest BCUT2D eigenvalue weighted by Crippen LogP contribution is -2.14. The molecule has 0 aliphatic heterocycles. The fourth-order valence-corrected chi connectivity index (χ4v) is 1.95. The largest absolute Gasteiger partial charge is 0.381 e. The maximum Gasteiger partial charge on any atom is 0.131 e. The van der Waals surface area contributed by atoms with Crippen molar-refractivity contribution in [3.05, 3.63) is 40.9 Å². The third-order valence-electron chi connectivity index (χ3n) is 3.17. The third kappa shape index (κ3) is 4.47. The van der Waals surface area contributed by atoms with Crippen LogP contribution in [0.5, 0.6) is 0 Å². The molecule has 6 heteroatoms. The van der Waals surface area contributed by atoms with Gasteiger partial charge in [-0.25, -0.2) is 9.37 Å². The molecule has 4 nitrogen and oxygen atoms in total. The predicted molar refractivity (Wildman–Crippen MR) is 86.8 cm³/mol. The Hall–Kier alpha value is -2.06. The maximum absolute atomic E-state index is 12.3. The molecule has 2 aromatic heterocycles. The van der Waals surface area contributed by atoms with Crippen molar-refractivity contribution in [2.45, 2.75) is 32.9 Å². The van der Waals surface area contributed by atoms with E-state index in [0.29, 0.717) is 11.2 Å². The van der Waals surface area contributed by atoms with Crippen LogP contribution < -0.4 is 5.32 Å². The molecule has 2 rings (SSSR count). The summed E-state index contributed by atoms with van der Waals surface area (Å²) in [5, 5.41) is 7.83. The van der Waals surface area contributed by atoms with Crippen LogP contribution in [0.15, 0.2) is 24.7 Å². The van der Waals surface area contributed by atoms with Gasteiger partial charge in [0.1, 0.15) is 11.8 Å². The monoisotopic (exact) mass is 320 g/mol. The van der Waals surface area contributed by atoms with E-state index in [-0.39, 0.29) is 6.54 Å². The van der Waals surface area contributed by atoms with Crippen molar-refractivity contribution >= 4 is 17.3 Å². The summed E-state index contributed by atoms with van der Waals surface area (Å²) in [6.07, 6.45) is 5.97. The van der Waals surface area contributed by atoms with Crippen molar-refractivity contribution in [2.75, 3.05) is 12.0 Å². The summed E-state index contributed by atoms with van der Waals surface area (Å²) in [5.41, 5.74) is 2.36. The molecular weight excluding hydrogens is 303 g/mol. The Morgan fingerprint density at radius 1 is 1.41 bits per heavy atom. The second-order valence-electron chi connectivity index (χ2n) is 4.94. The molecular formula is C16H18ClFN4. The Labute approximate surface area is 134 Å². The molecule has 0 spiro atoms. The zero-order chi connectivity index (χ0) is 15.9. The van der Waals surface area contributed by atoms with E-state index in [4.69, 9.17) is 11.6 Å². The summed E-state index contributed by atoms with van der Waals surface area (Å²) in [6, 6.07) is 2.08. The minimum atomic E-state index is -0.446. The number of halogens is 2. The van der Waals surface area contributed by atoms with Gasteiger partial charge in [0, 0.05) is 18.4 Å². The third-order valence-corrected chi connectivity index (χ3v) is 3.38. The molecule has 116 valence electrons. The summed E-state index contributed by atoms with van der Waals surface area (Å²) in [7, 11) is 0. The zero-order valence-corrected chi connectivity index (χ0v) is 13.4. The van der Waals surface area contributed by atoms with Crippen molar-refractivity contribution in [3.63, 3.8) is 0 Å². The quantitative estimate of drug-likeness (QED) is 0.677. The van der Waals surface area contributed by atoms with Crippen LogP contribution in [0.3, 0.4) is 0 Å². The first kappa shape index (κ1) is 16.3. The number of hydrogen-bond acceptors (Lipinski definition) is 3. The van der Waals surface area contributed by atoms with E-state index in [1.54, 1.807) is 24.7 Å². The van der Waals surface area contributed by atoms with Gasteiger partial charge in [-0.3, -0.25) is 4.68 Å². The normalized spacial score (nSPS) is 11.6. The van der Waals surface area contributed by atoms with Gasteiger partial charge in [0.15, 0.2) is 0 Å². The first-order valence-corrected chi connectivity index (χ1v) is 7.52. The fourth-order valence-electron chi connectivity index (χ4n) is 1.79. The minimum absolute atomic E-state index is 0.241. The van der Waals surface area contributed by atoms with E-state index in [9.17, 15) is 4.39 Å². The maximum atomic E-state index is 12.3. The Bertz CT molecular complexity index is 687. The van der Waals surface area contributed by atoms with Gasteiger partial charge in [-0.1, -0.05) is 30.4 Å². The molecule has 0 radical (unpaired) electrons. The number of hydrogen-bond donors (Lipinski definition) is 1. The second kappa shape index (κ2) is 7.81. The smallest absolute Gasteiger partial charge is 0.131 e. The molecule has 0 saturated carbocycles. The SMILES string of the molecule is CCC(C)Nc1cc(Cl)ncc1C#Cc1cnn(CCF)c1. The number of anilines is 1. The highest BCUT2D eigenvalue weighted by Gasteiger charge is 2.05. The standard InChI is InChI=1S/C16H18ClFN4/c1-3-12(2)21-15-8-16(17)19-10-14(15)5-4-13-9-20-22(11-13)7-6-18/h8-12H,3,6-7H2,1-2H3,(H,19,21). The van der Waals surface area contributed by atoms with Crippen LogP contribution in [0.2, 0.25) is 5.15 Å². The summed E-state index contributed by atoms with van der Waals surface area (Å²) < 4.78 is 13.8. The summed E-state index contributed by atoms with van der Waals surface area (Å²) in [4.78, 5) is 4.07. The van der Waals surface area contributed by atoms with Crippen LogP contribution in [0.1, 0.15) is 31.4 Å². The number of aromatic nitrogens is 3. The van der Waals surface area contributed by atoms with E-state index < -0.39 is 6.67 Å². The molecule has 0 fully saturated rings. The van der Waals surface area contributed by atoms with E-state index in [2.05, 4.69) is 41.1 Å². The molecule has 2 aromatic rings. The number of rotatable bonds is 5. The van der Waals surface area contributed by atoms with Gasteiger partial charge in [-0.2, -0.15) is 5.10 Å². The number of alkyl halides is 1. The molecule has 0 aliphatic rings. The zero-order valence-electron chi connectivity index (χ0n) is 12.6. The Balaban J connectivity index is 2.23. The number of aryl methyl sites for hydroxylation is 1. The first-order chi connectivity index (χ1) is 10.6. The molecule has 0 aromatic carbocycles. The number of pyridine rings is 1. The summed E-state index contributed by atoms with van der Waals surface area (Å²) in [6.45, 7) is 3.99. The molecule has 0 saturated heterocycles. The van der Waals surface area contributed by atoms with Gasteiger partial charge in [-0.05, 0) is 19.4 Å². The lowest BCUT2D eigenvalue weighted by molar-refractivity contribution is 0.427. The summed E-state index contributed by atoms with van der Waals surface area (Å²) >= 11 is 5.95. The van der Waals surface area contributed by atoms with Crippen molar-refractivity contribution in [1.82, 2.24) is 14.8 Å². The van der Waals surface area contributed by atoms with Crippen molar-refractivity contribution in [3.8, 4) is 11.8 Å². The van der Waals surface area contributed by atoms with Gasteiger partial charge in [0.25, 0.3) is 0 Å². The van der Waals surface area contributed by atoms with Crippen molar-refractivity contribution in [1.29, 1.82) is 0 Å². The van der Waals surface area contributed by atoms with Crippen LogP contribution >= 0.6 is 11.6 Å². The Kier molecular flexibility index (Phi) is 5.79. The predicted octanol–water partition coefficient (Wildman–Crippen LogP) is 3.51. The topological polar surface area (TPSA) is 42.7 Å². The van der Waals surface area contributed by atoms with Crippen molar-refractivity contribution in [2.24, 2.45) is 0 Å². The van der Waals surface area contributed by atoms with Crippen molar-refractivity contribution < 1.29 is 4.39 Å². The molecule has 2 heterocycles. The highest BCUT2D eigenvalue weighted by molar-refractivity contribution is 6.29. The van der Waals surface area contributed by atoms with Crippen LogP contribution in [-0.2, 0) is 6.54 Å². The van der Waals surface area contributed by atoms with Crippen LogP contribution in [0.4, 0.5) is 10.1 Å². The van der Waals surface area contributed by atoms with Crippen LogP contribution in [0, 0.1) is 11.8 Å². The van der Waals surface area contributed by atoms with E-state index in [1.807, 2.05) is 0 Å². The fraction of sp³-hybridized carbons (Fsp3) is 0.375. The number of nitrogens with one attached hydrogen (secondary N) is 1. The molecule has 1 atom stereocenters. The molecule has 0 amide bonds. The van der Waals surface area contributed by atoms with E-state index >= 15 is 0 Å². The molecule has 1 N–H and O–H groups in total. The second-order valence-corrected chi connectivity index (χ2v) is 5.32. The van der Waals surface area contributed by atoms with E-state index in [1.165, 1.54) is 4.68 Å². The minimum Gasteiger partial charge on any atom is -0.381 e. The highest BCUT2D eigenvalue weighted by Crippen LogP contribution is 2.19. The van der Waals surface area contributed by atoms with Gasteiger partial charge in [0.05, 0.1) is 29.6 Å². The van der Waals surface area contributed by atoms with Gasteiger partial charge < -0.3 is 5.32 Å². The molecule has 0 aliphatic carbocycles. The summed E-state index contributed by atoms with van der Waals surface area (Å²) in [5.74, 6) is 6.07. The highest BCUT2D eigenvalue weighted by atomic mass is 35.5. The average molecular weight is 321 g/mol. The van der Waals surface area contributed by atoms with Crippen LogP contribution in [0.25, 0.3) is 0 Å². The first-order valence-electron chi connectivity index (χ1n) is 7.15. The van der Waals surface area contributed by atoms with Gasteiger partial charge >= 0.3 is 0 Å². The molecule has 1 unspecified atom stereocenters.